The van der Waals surface area contributed by atoms with Gasteiger partial charge in [-0.2, -0.15) is 0 Å². The molecule has 0 aliphatic carbocycles. The Balaban J connectivity index is 1.53. The Kier molecular flexibility index (Phi) is 5.50. The summed E-state index contributed by atoms with van der Waals surface area (Å²) in [6.07, 6.45) is 0.601. The summed E-state index contributed by atoms with van der Waals surface area (Å²) in [6, 6.07) is 11.4. The number of para-hydroxylation sites is 1. The third-order valence-corrected chi connectivity index (χ3v) is 5.02. The Morgan fingerprint density at radius 1 is 1.19 bits per heavy atom. The molecule has 0 radical (unpaired) electrons. The van der Waals surface area contributed by atoms with Crippen LogP contribution in [0.1, 0.15) is 18.0 Å². The number of halogens is 1. The van der Waals surface area contributed by atoms with Crippen molar-refractivity contribution in [2.24, 2.45) is 0 Å². The predicted octanol–water partition coefficient (Wildman–Crippen LogP) is 1.68. The molecule has 3 rings (SSSR count). The van der Waals surface area contributed by atoms with E-state index in [1.165, 1.54) is 0 Å². The van der Waals surface area contributed by atoms with Gasteiger partial charge in [-0.05, 0) is 30.3 Å². The minimum Gasteiger partial charge on any atom is -0.493 e. The van der Waals surface area contributed by atoms with E-state index in [0.29, 0.717) is 18.8 Å². The van der Waals surface area contributed by atoms with E-state index in [1.807, 2.05) is 29.2 Å². The number of nitrogens with one attached hydrogen (secondary N) is 2. The van der Waals surface area contributed by atoms with Crippen LogP contribution in [0, 0.1) is 5.82 Å². The molecule has 0 spiro atoms. The quantitative estimate of drug-likeness (QED) is 0.744. The van der Waals surface area contributed by atoms with Crippen molar-refractivity contribution in [2.75, 3.05) is 13.2 Å². The maximum Gasteiger partial charge on any atom is 0.262 e. The third-order valence-electron chi connectivity index (χ3n) is 3.79. The fourth-order valence-electron chi connectivity index (χ4n) is 2.56. The Morgan fingerprint density at radius 2 is 1.92 bits per heavy atom. The Labute approximate surface area is 150 Å². The van der Waals surface area contributed by atoms with Crippen molar-refractivity contribution < 1.29 is 27.2 Å². The normalized spacial score (nSPS) is 16.4. The highest BCUT2D eigenvalue weighted by atomic mass is 32.2. The fraction of sp³-hybridized carbons (Fsp3) is 0.235. The summed E-state index contributed by atoms with van der Waals surface area (Å²) >= 11 is 0. The number of hydrogen-bond acceptors (Lipinski definition) is 5. The van der Waals surface area contributed by atoms with Crippen LogP contribution in [0.5, 0.6) is 5.75 Å². The van der Waals surface area contributed by atoms with Gasteiger partial charge in [0.1, 0.15) is 18.2 Å². The van der Waals surface area contributed by atoms with Gasteiger partial charge in [-0.15, -0.1) is 0 Å². The number of carbonyl (C=O) groups is 1. The second-order valence-corrected chi connectivity index (χ2v) is 7.27. The maximum atomic E-state index is 12.9. The first kappa shape index (κ1) is 18.3. The van der Waals surface area contributed by atoms with Crippen LogP contribution in [-0.4, -0.2) is 27.5 Å². The highest BCUT2D eigenvalue weighted by Gasteiger charge is 2.23. The molecule has 1 aliphatic rings. The molecule has 2 N–H and O–H groups in total. The number of carbonyl (C=O) groups excluding carboxylic acids is 1. The molecule has 0 saturated heterocycles. The molecule has 26 heavy (non-hydrogen) atoms. The molecule has 0 saturated carbocycles. The lowest BCUT2D eigenvalue weighted by molar-refractivity contribution is -0.127. The van der Waals surface area contributed by atoms with Crippen LogP contribution in [0.25, 0.3) is 0 Å². The van der Waals surface area contributed by atoms with E-state index in [1.54, 1.807) is 0 Å². The molecule has 0 unspecified atom stereocenters. The second-order valence-electron chi connectivity index (χ2n) is 5.62. The lowest BCUT2D eigenvalue weighted by Crippen LogP contribution is -2.36. The first-order valence-electron chi connectivity index (χ1n) is 7.86. The lowest BCUT2D eigenvalue weighted by atomic mass is 10.0. The lowest BCUT2D eigenvalue weighted by Gasteiger charge is -2.26. The van der Waals surface area contributed by atoms with E-state index < -0.39 is 28.4 Å². The SMILES string of the molecule is O=C(CONS(=O)(=O)c1ccc(F)cc1)N[C@@H]1CCOc2ccccc21. The summed E-state index contributed by atoms with van der Waals surface area (Å²) in [7, 11) is -3.99. The van der Waals surface area contributed by atoms with E-state index in [4.69, 9.17) is 9.57 Å². The van der Waals surface area contributed by atoms with Gasteiger partial charge >= 0.3 is 0 Å². The molecule has 138 valence electrons. The first-order chi connectivity index (χ1) is 12.5. The summed E-state index contributed by atoms with van der Waals surface area (Å²) < 4.78 is 42.3. The van der Waals surface area contributed by atoms with Crippen LogP contribution < -0.4 is 14.9 Å². The van der Waals surface area contributed by atoms with Gasteiger partial charge in [-0.25, -0.2) is 12.8 Å². The number of rotatable bonds is 6. The summed E-state index contributed by atoms with van der Waals surface area (Å²) in [5.74, 6) is -0.323. The number of ether oxygens (including phenoxy) is 1. The molecule has 7 nitrogen and oxygen atoms in total. The first-order valence-corrected chi connectivity index (χ1v) is 9.34. The van der Waals surface area contributed by atoms with Crippen LogP contribution in [0.15, 0.2) is 53.4 Å². The van der Waals surface area contributed by atoms with Crippen molar-refractivity contribution in [1.29, 1.82) is 0 Å². The molecule has 1 atom stereocenters. The van der Waals surface area contributed by atoms with Crippen molar-refractivity contribution >= 4 is 15.9 Å². The Morgan fingerprint density at radius 3 is 2.69 bits per heavy atom. The molecule has 1 amide bonds. The van der Waals surface area contributed by atoms with E-state index in [2.05, 4.69) is 5.32 Å². The number of sulfonamides is 1. The van der Waals surface area contributed by atoms with Crippen molar-refractivity contribution in [1.82, 2.24) is 10.2 Å². The fourth-order valence-corrected chi connectivity index (χ4v) is 3.37. The highest BCUT2D eigenvalue weighted by Crippen LogP contribution is 2.31. The van der Waals surface area contributed by atoms with Crippen molar-refractivity contribution in [3.63, 3.8) is 0 Å². The van der Waals surface area contributed by atoms with Gasteiger partial charge in [0.15, 0.2) is 0 Å². The minimum atomic E-state index is -3.99. The van der Waals surface area contributed by atoms with E-state index in [-0.39, 0.29) is 10.9 Å². The number of amides is 1. The second kappa shape index (κ2) is 7.81. The van der Waals surface area contributed by atoms with Gasteiger partial charge in [0.05, 0.1) is 17.5 Å². The van der Waals surface area contributed by atoms with Crippen LogP contribution in [0.2, 0.25) is 0 Å². The van der Waals surface area contributed by atoms with E-state index in [9.17, 15) is 17.6 Å². The van der Waals surface area contributed by atoms with Crippen LogP contribution in [0.4, 0.5) is 4.39 Å². The summed E-state index contributed by atoms with van der Waals surface area (Å²) in [6.45, 7) is -0.0278. The van der Waals surface area contributed by atoms with Gasteiger partial charge < -0.3 is 10.1 Å². The molecular formula is C17H17FN2O5S. The number of fused-ring (bicyclic) bond motifs is 1. The van der Waals surface area contributed by atoms with Gasteiger partial charge in [0, 0.05) is 12.0 Å². The molecular weight excluding hydrogens is 363 g/mol. The van der Waals surface area contributed by atoms with E-state index >= 15 is 0 Å². The Bertz CT molecular complexity index is 886. The molecule has 1 aliphatic heterocycles. The molecule has 2 aromatic carbocycles. The molecule has 2 aromatic rings. The maximum absolute atomic E-state index is 12.9. The zero-order valence-electron chi connectivity index (χ0n) is 13.6. The number of benzene rings is 2. The summed E-state index contributed by atoms with van der Waals surface area (Å²) in [4.78, 5) is 18.5. The summed E-state index contributed by atoms with van der Waals surface area (Å²) in [5, 5.41) is 2.78. The van der Waals surface area contributed by atoms with Crippen LogP contribution in [-0.2, 0) is 19.7 Å². The monoisotopic (exact) mass is 380 g/mol. The molecule has 9 heteroatoms. The topological polar surface area (TPSA) is 93.7 Å². The third kappa shape index (κ3) is 4.37. The standard InChI is InChI=1S/C17H17FN2O5S/c18-12-5-7-13(8-6-12)26(22,23)20-25-11-17(21)19-15-9-10-24-16-4-2-1-3-14(15)16/h1-8,15,20H,9-11H2,(H,19,21)/t15-/m1/s1. The zero-order valence-corrected chi connectivity index (χ0v) is 14.5. The molecule has 0 fully saturated rings. The smallest absolute Gasteiger partial charge is 0.262 e. The van der Waals surface area contributed by atoms with Gasteiger partial charge in [-0.1, -0.05) is 23.1 Å². The number of hydrogen-bond donors (Lipinski definition) is 2. The molecule has 0 aromatic heterocycles. The average molecular weight is 380 g/mol. The van der Waals surface area contributed by atoms with Crippen LogP contribution in [0.3, 0.4) is 0 Å². The van der Waals surface area contributed by atoms with Crippen molar-refractivity contribution in [2.45, 2.75) is 17.4 Å². The average Bonchev–Trinajstić information content (AvgIpc) is 2.62. The summed E-state index contributed by atoms with van der Waals surface area (Å²) in [5.41, 5.74) is 0.860. The van der Waals surface area contributed by atoms with Crippen LogP contribution >= 0.6 is 0 Å². The van der Waals surface area contributed by atoms with Crippen molar-refractivity contribution in [3.05, 3.63) is 59.9 Å². The molecule has 1 heterocycles. The highest BCUT2D eigenvalue weighted by molar-refractivity contribution is 7.89. The largest absolute Gasteiger partial charge is 0.493 e. The predicted molar refractivity (Wildman–Crippen MR) is 90.1 cm³/mol. The van der Waals surface area contributed by atoms with Crippen molar-refractivity contribution in [3.8, 4) is 5.75 Å². The van der Waals surface area contributed by atoms with Gasteiger partial charge in [-0.3, -0.25) is 9.63 Å². The van der Waals surface area contributed by atoms with Gasteiger partial charge in [0.25, 0.3) is 10.0 Å². The Hall–Kier alpha value is -2.49. The molecule has 0 bridgehead atoms. The van der Waals surface area contributed by atoms with E-state index in [0.717, 1.165) is 29.8 Å². The minimum absolute atomic E-state index is 0.169. The zero-order chi connectivity index (χ0) is 18.6. The van der Waals surface area contributed by atoms with Gasteiger partial charge in [0.2, 0.25) is 5.91 Å².